The Bertz CT molecular complexity index is 669. The molecule has 1 aromatic heterocycles. The Balaban J connectivity index is 2.31. The average Bonchev–Trinajstić information content (AvgIpc) is 2.51. The van der Waals surface area contributed by atoms with E-state index in [1.165, 1.54) is 0 Å². The fraction of sp³-hybridized carbons (Fsp3) is 0.267. The molecule has 0 aliphatic rings. The van der Waals surface area contributed by atoms with Gasteiger partial charge in [0.05, 0.1) is 11.6 Å². The average molecular weight is 303 g/mol. The van der Waals surface area contributed by atoms with Crippen molar-refractivity contribution >= 4 is 23.1 Å². The van der Waals surface area contributed by atoms with Gasteiger partial charge < -0.3 is 9.64 Å². The van der Waals surface area contributed by atoms with Crippen LogP contribution in [0, 0.1) is 11.3 Å². The predicted octanol–water partition coefficient (Wildman–Crippen LogP) is 3.31. The maximum Gasteiger partial charge on any atom is 0.158 e. The summed E-state index contributed by atoms with van der Waals surface area (Å²) in [6.45, 7) is 2.81. The molecule has 1 heterocycles. The molecule has 0 N–H and O–H groups in total. The molecule has 0 unspecified atom stereocenters. The molecule has 0 aliphatic heterocycles. The zero-order valence-corrected chi connectivity index (χ0v) is 12.6. The van der Waals surface area contributed by atoms with Gasteiger partial charge in [-0.2, -0.15) is 5.26 Å². The number of rotatable bonds is 5. The maximum absolute atomic E-state index is 8.97. The third-order valence-electron chi connectivity index (χ3n) is 2.87. The summed E-state index contributed by atoms with van der Waals surface area (Å²) in [5.41, 5.74) is 1.44. The largest absolute Gasteiger partial charge is 0.374 e. The Labute approximate surface area is 128 Å². The van der Waals surface area contributed by atoms with Gasteiger partial charge in [-0.3, -0.25) is 0 Å². The first-order valence-corrected chi connectivity index (χ1v) is 6.87. The Hall–Kier alpha value is -2.16. The molecule has 0 saturated heterocycles. The number of nitriles is 1. The fourth-order valence-electron chi connectivity index (χ4n) is 1.80. The van der Waals surface area contributed by atoms with E-state index in [1.54, 1.807) is 18.2 Å². The quantitative estimate of drug-likeness (QED) is 0.793. The van der Waals surface area contributed by atoms with E-state index in [4.69, 9.17) is 21.6 Å². The number of anilines is 2. The number of nitrogens with zero attached hydrogens (tertiary/aromatic N) is 4. The van der Waals surface area contributed by atoms with E-state index in [-0.39, 0.29) is 0 Å². The molecule has 5 nitrogen and oxygen atoms in total. The van der Waals surface area contributed by atoms with Crippen molar-refractivity contribution in [2.45, 2.75) is 13.5 Å². The summed E-state index contributed by atoms with van der Waals surface area (Å²) in [6, 6.07) is 11.1. The molecule has 0 amide bonds. The summed E-state index contributed by atoms with van der Waals surface area (Å²) in [4.78, 5) is 10.4. The van der Waals surface area contributed by atoms with Gasteiger partial charge in [0, 0.05) is 25.4 Å². The van der Waals surface area contributed by atoms with Crippen LogP contribution in [0.5, 0.6) is 0 Å². The van der Waals surface area contributed by atoms with Gasteiger partial charge in [-0.25, -0.2) is 9.97 Å². The Kier molecular flexibility index (Phi) is 5.09. The summed E-state index contributed by atoms with van der Waals surface area (Å²) in [7, 11) is 1.86. The molecule has 0 bridgehead atoms. The van der Waals surface area contributed by atoms with Crippen LogP contribution in [0.3, 0.4) is 0 Å². The van der Waals surface area contributed by atoms with Crippen LogP contribution in [-0.2, 0) is 11.3 Å². The first kappa shape index (κ1) is 15.2. The van der Waals surface area contributed by atoms with Crippen LogP contribution in [0.25, 0.3) is 0 Å². The van der Waals surface area contributed by atoms with E-state index in [9.17, 15) is 0 Å². The van der Waals surface area contributed by atoms with Crippen LogP contribution in [0.4, 0.5) is 11.5 Å². The minimum atomic E-state index is 0.316. The van der Waals surface area contributed by atoms with Crippen molar-refractivity contribution in [3.63, 3.8) is 0 Å². The highest BCUT2D eigenvalue weighted by molar-refractivity contribution is 6.29. The molecule has 0 spiro atoms. The molecular weight excluding hydrogens is 288 g/mol. The highest BCUT2D eigenvalue weighted by Gasteiger charge is 2.10. The van der Waals surface area contributed by atoms with Crippen molar-refractivity contribution in [1.82, 2.24) is 9.97 Å². The second-order valence-corrected chi connectivity index (χ2v) is 4.71. The molecule has 0 atom stereocenters. The lowest BCUT2D eigenvalue weighted by atomic mass is 10.2. The Morgan fingerprint density at radius 3 is 2.86 bits per heavy atom. The third-order valence-corrected chi connectivity index (χ3v) is 3.06. The van der Waals surface area contributed by atoms with Crippen molar-refractivity contribution in [2.24, 2.45) is 0 Å². The smallest absolute Gasteiger partial charge is 0.158 e. The van der Waals surface area contributed by atoms with E-state index >= 15 is 0 Å². The van der Waals surface area contributed by atoms with Gasteiger partial charge in [-0.15, -0.1) is 0 Å². The van der Waals surface area contributed by atoms with Crippen molar-refractivity contribution in [2.75, 3.05) is 18.6 Å². The number of ether oxygens (including phenoxy) is 1. The van der Waals surface area contributed by atoms with Gasteiger partial charge >= 0.3 is 0 Å². The number of hydrogen-bond donors (Lipinski definition) is 0. The summed E-state index contributed by atoms with van der Waals surface area (Å²) >= 11 is 6.03. The lowest BCUT2D eigenvalue weighted by Crippen LogP contribution is -2.13. The van der Waals surface area contributed by atoms with E-state index in [1.807, 2.05) is 31.0 Å². The molecule has 0 aliphatic carbocycles. The number of halogens is 1. The molecular formula is C15H15ClN4O. The normalized spacial score (nSPS) is 10.2. The van der Waals surface area contributed by atoms with Crippen LogP contribution >= 0.6 is 11.6 Å². The lowest BCUT2D eigenvalue weighted by molar-refractivity contribution is 0.128. The Morgan fingerprint density at radius 2 is 2.14 bits per heavy atom. The van der Waals surface area contributed by atoms with E-state index in [0.717, 1.165) is 5.69 Å². The molecule has 1 aromatic carbocycles. The zero-order valence-electron chi connectivity index (χ0n) is 11.9. The van der Waals surface area contributed by atoms with Crippen molar-refractivity contribution < 1.29 is 4.74 Å². The molecule has 2 rings (SSSR count). The first-order chi connectivity index (χ1) is 10.1. The minimum absolute atomic E-state index is 0.316. The van der Waals surface area contributed by atoms with Gasteiger partial charge in [-0.1, -0.05) is 17.7 Å². The van der Waals surface area contributed by atoms with Gasteiger partial charge in [-0.05, 0) is 25.1 Å². The van der Waals surface area contributed by atoms with Crippen LogP contribution in [0.15, 0.2) is 30.3 Å². The molecule has 2 aromatic rings. The predicted molar refractivity (Wildman–Crippen MR) is 81.6 cm³/mol. The zero-order chi connectivity index (χ0) is 15.2. The van der Waals surface area contributed by atoms with Gasteiger partial charge in [0.2, 0.25) is 0 Å². The summed E-state index contributed by atoms with van der Waals surface area (Å²) in [6.07, 6.45) is 0. The summed E-state index contributed by atoms with van der Waals surface area (Å²) in [5.74, 6) is 1.18. The minimum Gasteiger partial charge on any atom is -0.374 e. The molecule has 21 heavy (non-hydrogen) atoms. The van der Waals surface area contributed by atoms with E-state index < -0.39 is 0 Å². The topological polar surface area (TPSA) is 62.0 Å². The first-order valence-electron chi connectivity index (χ1n) is 6.49. The van der Waals surface area contributed by atoms with E-state index in [0.29, 0.717) is 35.6 Å². The molecule has 0 saturated carbocycles. The van der Waals surface area contributed by atoms with Crippen molar-refractivity contribution in [3.8, 4) is 6.07 Å². The SMILES string of the molecule is CCOCc1nc(Cl)cc(N(C)c2cccc(C#N)c2)n1. The van der Waals surface area contributed by atoms with Gasteiger partial charge in [0.15, 0.2) is 5.82 Å². The van der Waals surface area contributed by atoms with Crippen LogP contribution in [-0.4, -0.2) is 23.6 Å². The Morgan fingerprint density at radius 1 is 1.33 bits per heavy atom. The molecule has 108 valence electrons. The van der Waals surface area contributed by atoms with Crippen LogP contribution in [0.1, 0.15) is 18.3 Å². The second-order valence-electron chi connectivity index (χ2n) is 4.32. The molecule has 0 fully saturated rings. The fourth-order valence-corrected chi connectivity index (χ4v) is 1.99. The second kappa shape index (κ2) is 7.02. The molecule has 6 heteroatoms. The highest BCUT2D eigenvalue weighted by Crippen LogP contribution is 2.24. The van der Waals surface area contributed by atoms with Crippen molar-refractivity contribution in [1.29, 1.82) is 5.26 Å². The number of benzene rings is 1. The third kappa shape index (κ3) is 3.91. The van der Waals surface area contributed by atoms with E-state index in [2.05, 4.69) is 16.0 Å². The maximum atomic E-state index is 8.97. The summed E-state index contributed by atoms with van der Waals surface area (Å²) < 4.78 is 5.31. The molecule has 0 radical (unpaired) electrons. The summed E-state index contributed by atoms with van der Waals surface area (Å²) in [5, 5.41) is 9.33. The van der Waals surface area contributed by atoms with Gasteiger partial charge in [0.1, 0.15) is 17.6 Å². The standard InChI is InChI=1S/C15H15ClN4O/c1-3-21-10-14-18-13(16)8-15(19-14)20(2)12-6-4-5-11(7-12)9-17/h4-8H,3,10H2,1-2H3. The number of aromatic nitrogens is 2. The van der Waals surface area contributed by atoms with Crippen LogP contribution in [0.2, 0.25) is 5.15 Å². The van der Waals surface area contributed by atoms with Crippen molar-refractivity contribution in [3.05, 3.63) is 46.9 Å². The van der Waals surface area contributed by atoms with Gasteiger partial charge in [0.25, 0.3) is 0 Å². The monoisotopic (exact) mass is 302 g/mol. The highest BCUT2D eigenvalue weighted by atomic mass is 35.5. The van der Waals surface area contributed by atoms with Crippen LogP contribution < -0.4 is 4.90 Å². The number of hydrogen-bond acceptors (Lipinski definition) is 5. The lowest BCUT2D eigenvalue weighted by Gasteiger charge is -2.19.